The summed E-state index contributed by atoms with van der Waals surface area (Å²) in [6, 6.07) is 0. The molecule has 1 unspecified atom stereocenters. The van der Waals surface area contributed by atoms with Gasteiger partial charge in [-0.1, -0.05) is 0 Å². The standard InChI is InChI=1S/C7H14ClNO3S/c1-7-5-9(3-2-4-12-7)13(10,11)6-8/h7H,2-6H2,1H3. The van der Waals surface area contributed by atoms with E-state index >= 15 is 0 Å². The van der Waals surface area contributed by atoms with Crippen LogP contribution in [-0.4, -0.2) is 43.7 Å². The molecule has 0 saturated carbocycles. The summed E-state index contributed by atoms with van der Waals surface area (Å²) >= 11 is 5.36. The zero-order valence-electron chi connectivity index (χ0n) is 7.57. The van der Waals surface area contributed by atoms with Crippen LogP contribution >= 0.6 is 11.6 Å². The lowest BCUT2D eigenvalue weighted by atomic mass is 10.4. The summed E-state index contributed by atoms with van der Waals surface area (Å²) < 4.78 is 29.5. The largest absolute Gasteiger partial charge is 0.377 e. The fraction of sp³-hybridized carbons (Fsp3) is 1.00. The molecule has 13 heavy (non-hydrogen) atoms. The highest BCUT2D eigenvalue weighted by atomic mass is 35.5. The summed E-state index contributed by atoms with van der Waals surface area (Å²) in [5.41, 5.74) is 0. The van der Waals surface area contributed by atoms with Crippen molar-refractivity contribution in [2.24, 2.45) is 0 Å². The fourth-order valence-electron chi connectivity index (χ4n) is 1.28. The average Bonchev–Trinajstić information content (AvgIpc) is 2.30. The van der Waals surface area contributed by atoms with Crippen LogP contribution in [0.25, 0.3) is 0 Å². The Hall–Kier alpha value is 0.160. The Labute approximate surface area is 83.9 Å². The molecule has 0 aromatic heterocycles. The van der Waals surface area contributed by atoms with Crippen LogP contribution in [0.5, 0.6) is 0 Å². The molecule has 0 aromatic carbocycles. The van der Waals surface area contributed by atoms with E-state index in [2.05, 4.69) is 0 Å². The predicted molar refractivity (Wildman–Crippen MR) is 51.2 cm³/mol. The van der Waals surface area contributed by atoms with Crippen molar-refractivity contribution in [2.75, 3.05) is 24.9 Å². The van der Waals surface area contributed by atoms with Crippen molar-refractivity contribution in [3.8, 4) is 0 Å². The van der Waals surface area contributed by atoms with E-state index in [0.717, 1.165) is 6.42 Å². The quantitative estimate of drug-likeness (QED) is 0.650. The van der Waals surface area contributed by atoms with E-state index in [1.165, 1.54) is 4.31 Å². The molecule has 0 bridgehead atoms. The van der Waals surface area contributed by atoms with E-state index in [4.69, 9.17) is 16.3 Å². The molecule has 0 aliphatic carbocycles. The Kier molecular flexibility index (Phi) is 3.97. The molecule has 78 valence electrons. The van der Waals surface area contributed by atoms with Crippen LogP contribution < -0.4 is 0 Å². The summed E-state index contributed by atoms with van der Waals surface area (Å²) in [6.07, 6.45) is 0.695. The molecular formula is C7H14ClNO3S. The molecule has 0 N–H and O–H groups in total. The highest BCUT2D eigenvalue weighted by Gasteiger charge is 2.24. The number of sulfonamides is 1. The normalized spacial score (nSPS) is 27.1. The molecule has 1 rings (SSSR count). The number of ether oxygens (including phenoxy) is 1. The number of nitrogens with zero attached hydrogens (tertiary/aromatic N) is 1. The first-order chi connectivity index (χ1) is 6.06. The first-order valence-electron chi connectivity index (χ1n) is 4.21. The van der Waals surface area contributed by atoms with Crippen LogP contribution in [0.15, 0.2) is 0 Å². The lowest BCUT2D eigenvalue weighted by molar-refractivity contribution is 0.0752. The van der Waals surface area contributed by atoms with Gasteiger partial charge in [-0.15, -0.1) is 11.6 Å². The first-order valence-corrected chi connectivity index (χ1v) is 6.36. The molecule has 0 radical (unpaired) electrons. The molecule has 0 aromatic rings. The van der Waals surface area contributed by atoms with Crippen molar-refractivity contribution in [1.82, 2.24) is 4.31 Å². The second-order valence-electron chi connectivity index (χ2n) is 3.11. The number of alkyl halides is 1. The van der Waals surface area contributed by atoms with Crippen LogP contribution in [-0.2, 0) is 14.8 Å². The van der Waals surface area contributed by atoms with Gasteiger partial charge in [0.1, 0.15) is 5.21 Å². The summed E-state index contributed by atoms with van der Waals surface area (Å²) in [5, 5.41) is -0.347. The van der Waals surface area contributed by atoms with Crippen LogP contribution in [0.1, 0.15) is 13.3 Å². The number of rotatable bonds is 2. The topological polar surface area (TPSA) is 46.6 Å². The van der Waals surface area contributed by atoms with E-state index in [1.54, 1.807) is 0 Å². The van der Waals surface area contributed by atoms with Crippen molar-refractivity contribution in [1.29, 1.82) is 0 Å². The van der Waals surface area contributed by atoms with Crippen LogP contribution in [0, 0.1) is 0 Å². The Bertz CT molecular complexity index is 254. The molecule has 1 fully saturated rings. The minimum atomic E-state index is -3.26. The van der Waals surface area contributed by atoms with Crippen molar-refractivity contribution >= 4 is 21.6 Å². The minimum absolute atomic E-state index is 0.0412. The highest BCUT2D eigenvalue weighted by molar-refractivity contribution is 7.90. The summed E-state index contributed by atoms with van der Waals surface area (Å²) in [7, 11) is -3.26. The van der Waals surface area contributed by atoms with E-state index in [-0.39, 0.29) is 11.3 Å². The molecule has 0 amide bonds. The van der Waals surface area contributed by atoms with Crippen LogP contribution in [0.3, 0.4) is 0 Å². The number of hydrogen-bond donors (Lipinski definition) is 0. The summed E-state index contributed by atoms with van der Waals surface area (Å²) in [4.78, 5) is 0. The third-order valence-corrected chi connectivity index (χ3v) is 4.17. The van der Waals surface area contributed by atoms with Gasteiger partial charge in [-0.2, -0.15) is 4.31 Å². The van der Waals surface area contributed by atoms with Gasteiger partial charge in [0.15, 0.2) is 0 Å². The van der Waals surface area contributed by atoms with Crippen molar-refractivity contribution in [2.45, 2.75) is 19.4 Å². The maximum Gasteiger partial charge on any atom is 0.228 e. The van der Waals surface area contributed by atoms with Crippen molar-refractivity contribution in [3.63, 3.8) is 0 Å². The van der Waals surface area contributed by atoms with E-state index in [0.29, 0.717) is 19.7 Å². The maximum absolute atomic E-state index is 11.4. The zero-order chi connectivity index (χ0) is 9.90. The fourth-order valence-corrected chi connectivity index (χ4v) is 2.67. The molecule has 6 heteroatoms. The Balaban J connectivity index is 2.68. The molecule has 1 saturated heterocycles. The van der Waals surface area contributed by atoms with E-state index < -0.39 is 10.0 Å². The molecular weight excluding hydrogens is 214 g/mol. The highest BCUT2D eigenvalue weighted by Crippen LogP contribution is 2.11. The smallest absolute Gasteiger partial charge is 0.228 e. The second-order valence-corrected chi connectivity index (χ2v) is 5.67. The molecule has 1 aliphatic heterocycles. The Morgan fingerprint density at radius 3 is 2.92 bits per heavy atom. The zero-order valence-corrected chi connectivity index (χ0v) is 9.14. The summed E-state index contributed by atoms with van der Waals surface area (Å²) in [5.74, 6) is 0. The SMILES string of the molecule is CC1CN(S(=O)(=O)CCl)CCCO1. The van der Waals surface area contributed by atoms with E-state index in [9.17, 15) is 8.42 Å². The molecule has 1 aliphatic rings. The van der Waals surface area contributed by atoms with Gasteiger partial charge in [0.2, 0.25) is 10.0 Å². The van der Waals surface area contributed by atoms with Gasteiger partial charge in [-0.05, 0) is 13.3 Å². The van der Waals surface area contributed by atoms with Crippen LogP contribution in [0.4, 0.5) is 0 Å². The number of halogens is 1. The second kappa shape index (κ2) is 4.59. The van der Waals surface area contributed by atoms with Gasteiger partial charge in [-0.25, -0.2) is 8.42 Å². The van der Waals surface area contributed by atoms with Gasteiger partial charge in [0.25, 0.3) is 0 Å². The average molecular weight is 228 g/mol. The molecule has 0 spiro atoms. The van der Waals surface area contributed by atoms with Crippen molar-refractivity contribution in [3.05, 3.63) is 0 Å². The van der Waals surface area contributed by atoms with Gasteiger partial charge >= 0.3 is 0 Å². The summed E-state index contributed by atoms with van der Waals surface area (Å²) in [6.45, 7) is 3.41. The molecule has 4 nitrogen and oxygen atoms in total. The van der Waals surface area contributed by atoms with Gasteiger partial charge in [-0.3, -0.25) is 0 Å². The monoisotopic (exact) mass is 227 g/mol. The third kappa shape index (κ3) is 3.09. The van der Waals surface area contributed by atoms with Crippen LogP contribution in [0.2, 0.25) is 0 Å². The predicted octanol–water partition coefficient (Wildman–Crippen LogP) is 0.623. The van der Waals surface area contributed by atoms with E-state index in [1.807, 2.05) is 6.92 Å². The lowest BCUT2D eigenvalue weighted by Gasteiger charge is -2.19. The van der Waals surface area contributed by atoms with Gasteiger partial charge < -0.3 is 4.74 Å². The molecule has 1 atom stereocenters. The number of hydrogen-bond acceptors (Lipinski definition) is 3. The first kappa shape index (κ1) is 11.2. The Morgan fingerprint density at radius 1 is 1.62 bits per heavy atom. The van der Waals surface area contributed by atoms with Gasteiger partial charge in [0.05, 0.1) is 6.10 Å². The molecule has 1 heterocycles. The van der Waals surface area contributed by atoms with Gasteiger partial charge in [0, 0.05) is 19.7 Å². The maximum atomic E-state index is 11.4. The lowest BCUT2D eigenvalue weighted by Crippen LogP contribution is -2.36. The minimum Gasteiger partial charge on any atom is -0.377 e. The van der Waals surface area contributed by atoms with Crippen molar-refractivity contribution < 1.29 is 13.2 Å². The third-order valence-electron chi connectivity index (χ3n) is 1.95. The Morgan fingerprint density at radius 2 is 2.31 bits per heavy atom.